The monoisotopic (exact) mass is 1030 g/mol. The average molecular weight is 1030 g/mol. The Kier molecular flexibility index (Phi) is 11.1. The molecule has 0 fully saturated rings. The van der Waals surface area contributed by atoms with Crippen molar-refractivity contribution in [2.75, 3.05) is 13.2 Å². The van der Waals surface area contributed by atoms with Gasteiger partial charge in [0.1, 0.15) is 32.6 Å². The highest BCUT2D eigenvalue weighted by atomic mass is 35.5. The van der Waals surface area contributed by atoms with Gasteiger partial charge in [0.15, 0.2) is 34.8 Å². The third kappa shape index (κ3) is 7.27. The molecular formula is C42H28Cl10N8O2. The molecule has 62 heavy (non-hydrogen) atoms. The van der Waals surface area contributed by atoms with E-state index in [1.807, 2.05) is 65.8 Å². The van der Waals surface area contributed by atoms with Crippen molar-refractivity contribution in [1.29, 1.82) is 0 Å². The van der Waals surface area contributed by atoms with Crippen molar-refractivity contribution in [1.82, 2.24) is 39.9 Å². The smallest absolute Gasteiger partial charge is 0.166 e. The minimum absolute atomic E-state index is 0.000789. The van der Waals surface area contributed by atoms with Crippen molar-refractivity contribution < 1.29 is 9.47 Å². The van der Waals surface area contributed by atoms with Gasteiger partial charge in [-0.3, -0.25) is 0 Å². The fourth-order valence-electron chi connectivity index (χ4n) is 6.92. The fourth-order valence-corrected chi connectivity index (χ4v) is 9.72. The molecule has 0 atom stereocenters. The van der Waals surface area contributed by atoms with Crippen LogP contribution in [0.4, 0.5) is 0 Å². The summed E-state index contributed by atoms with van der Waals surface area (Å²) in [5.41, 5.74) is 1.52. The van der Waals surface area contributed by atoms with E-state index in [1.165, 1.54) is 0 Å². The number of aromatic nitrogens is 8. The van der Waals surface area contributed by atoms with Gasteiger partial charge >= 0.3 is 0 Å². The number of nitrogens with zero attached hydrogens (tertiary/aromatic N) is 6. The first kappa shape index (κ1) is 44.0. The summed E-state index contributed by atoms with van der Waals surface area (Å²) in [5, 5.41) is 2.35. The van der Waals surface area contributed by atoms with E-state index in [-0.39, 0.29) is 148 Å². The lowest BCUT2D eigenvalue weighted by molar-refractivity contribution is 0.198. The maximum atomic E-state index is 7.27. The van der Waals surface area contributed by atoms with E-state index in [0.29, 0.717) is 27.6 Å². The maximum Gasteiger partial charge on any atom is 0.166 e. The van der Waals surface area contributed by atoms with E-state index in [0.717, 1.165) is 0 Å². The molecule has 20 heteroatoms. The minimum atomic E-state index is -0.283. The van der Waals surface area contributed by atoms with Crippen LogP contribution in [0.1, 0.15) is 41.5 Å². The Bertz CT molecular complexity index is 3300. The van der Waals surface area contributed by atoms with Crippen molar-refractivity contribution in [2.24, 2.45) is 10.8 Å². The summed E-state index contributed by atoms with van der Waals surface area (Å²) >= 11 is 69.9. The van der Waals surface area contributed by atoms with Crippen LogP contribution in [0.15, 0.2) is 24.3 Å². The molecule has 0 aliphatic carbocycles. The van der Waals surface area contributed by atoms with E-state index in [1.54, 1.807) is 0 Å². The van der Waals surface area contributed by atoms with Crippen molar-refractivity contribution in [2.45, 2.75) is 41.5 Å². The van der Waals surface area contributed by atoms with Gasteiger partial charge in [-0.15, -0.1) is 0 Å². The van der Waals surface area contributed by atoms with Crippen LogP contribution in [0.5, 0.6) is 11.5 Å². The van der Waals surface area contributed by atoms with E-state index < -0.39 is 0 Å². The van der Waals surface area contributed by atoms with Crippen LogP contribution >= 0.6 is 116 Å². The van der Waals surface area contributed by atoms with Gasteiger partial charge in [0.25, 0.3) is 0 Å². The topological polar surface area (TPSA) is 127 Å². The summed E-state index contributed by atoms with van der Waals surface area (Å²) in [6.07, 6.45) is 0. The van der Waals surface area contributed by atoms with Gasteiger partial charge < -0.3 is 19.4 Å². The van der Waals surface area contributed by atoms with Gasteiger partial charge in [-0.05, 0) is 10.8 Å². The second-order valence-corrected chi connectivity index (χ2v) is 20.7. The van der Waals surface area contributed by atoms with Crippen LogP contribution < -0.4 is 9.47 Å². The van der Waals surface area contributed by atoms with Gasteiger partial charge in [-0.2, -0.15) is 0 Å². The molecule has 5 heterocycles. The number of rotatable bonds is 4. The summed E-state index contributed by atoms with van der Waals surface area (Å²) in [7, 11) is 0. The molecule has 0 saturated heterocycles. The SMILES string of the molecule is CC(C)(C)COc1c(Cl)c(Cl)c2c(c1Cl)-c1nc-2nc2[nH]c(nc3nc(nc4[nH]c(n1)c1c(Cl)c(OCC(C)(C)C)c(Cl)c(Cl)c41)-c1c(Cl)c(Cl)c(Cl)c(Cl)c1-3)c1ccccc21. The summed E-state index contributed by atoms with van der Waals surface area (Å²) in [6, 6.07) is 7.45. The summed E-state index contributed by atoms with van der Waals surface area (Å²) in [6.45, 7) is 12.5. The van der Waals surface area contributed by atoms with Crippen LogP contribution in [0.25, 0.3) is 89.7 Å². The summed E-state index contributed by atoms with van der Waals surface area (Å²) in [5.74, 6) is 0.620. The standard InChI is InChI=1S/C42H28Cl10N8O2/c1-41(2,3)11-61-31-25(47)19-17(23(45)29(31)51)36-55-34-14-10-8-7-9-13(14)33(53-34)54-35-15-16(22(44)28(50)27(49)21(15)43)37(56-35)58-38-18-20(40(59-38)60-39(19)57-36)26(48)32(30(52)24(18)46)62-12-42(4,5)6/h7-10H,11-12H2,1-6H3,(H2,53,54,55,56,57,58,59,60). The van der Waals surface area contributed by atoms with Crippen LogP contribution in [-0.4, -0.2) is 53.1 Å². The number of aromatic amines is 2. The third-order valence-electron chi connectivity index (χ3n) is 9.70. The van der Waals surface area contributed by atoms with Crippen molar-refractivity contribution in [3.05, 3.63) is 74.5 Å². The molecule has 318 valence electrons. The predicted octanol–water partition coefficient (Wildman–Crippen LogP) is 16.3. The highest BCUT2D eigenvalue weighted by molar-refractivity contribution is 6.54. The maximum absolute atomic E-state index is 7.27. The highest BCUT2D eigenvalue weighted by Crippen LogP contribution is 2.55. The summed E-state index contributed by atoms with van der Waals surface area (Å²) < 4.78 is 12.5. The van der Waals surface area contributed by atoms with E-state index in [2.05, 4.69) is 9.97 Å². The third-order valence-corrected chi connectivity index (χ3v) is 13.9. The molecule has 9 rings (SSSR count). The Morgan fingerprint density at radius 1 is 0.403 bits per heavy atom. The first-order valence-electron chi connectivity index (χ1n) is 18.6. The lowest BCUT2D eigenvalue weighted by Gasteiger charge is -2.21. The number of hydrogen-bond donors (Lipinski definition) is 2. The number of benzene rings is 4. The molecule has 2 aliphatic heterocycles. The molecule has 7 aromatic rings. The molecule has 0 radical (unpaired) electrons. The largest absolute Gasteiger partial charge is 0.490 e. The molecule has 0 amide bonds. The zero-order valence-corrected chi connectivity index (χ0v) is 40.6. The fraction of sp³-hybridized carbons (Fsp3) is 0.238. The molecule has 10 nitrogen and oxygen atoms in total. The Morgan fingerprint density at radius 3 is 1.18 bits per heavy atom. The lowest BCUT2D eigenvalue weighted by Crippen LogP contribution is -2.17. The Hall–Kier alpha value is -3.26. The number of nitrogens with one attached hydrogen (secondary N) is 2. The van der Waals surface area contributed by atoms with Gasteiger partial charge in [-0.1, -0.05) is 182 Å². The molecular weight excluding hydrogens is 1000 g/mol. The Morgan fingerprint density at radius 2 is 0.742 bits per heavy atom. The molecule has 0 saturated carbocycles. The van der Waals surface area contributed by atoms with Gasteiger partial charge in [0, 0.05) is 10.8 Å². The number of hydrogen-bond acceptors (Lipinski definition) is 8. The van der Waals surface area contributed by atoms with Gasteiger partial charge in [-0.25, -0.2) is 29.9 Å². The number of halogens is 10. The molecule has 2 aliphatic rings. The van der Waals surface area contributed by atoms with Crippen LogP contribution in [0.3, 0.4) is 0 Å². The molecule has 4 aromatic carbocycles. The molecule has 0 spiro atoms. The second-order valence-electron chi connectivity index (χ2n) is 16.9. The first-order valence-corrected chi connectivity index (χ1v) is 22.4. The zero-order valence-electron chi connectivity index (χ0n) is 33.0. The Labute approximate surface area is 403 Å². The first-order chi connectivity index (χ1) is 29.1. The molecule has 8 bridgehead atoms. The van der Waals surface area contributed by atoms with Gasteiger partial charge in [0.2, 0.25) is 0 Å². The molecule has 3 aromatic heterocycles. The van der Waals surface area contributed by atoms with Crippen LogP contribution in [0.2, 0.25) is 50.2 Å². The molecule has 2 N–H and O–H groups in total. The number of ether oxygens (including phenoxy) is 2. The number of H-pyrrole nitrogens is 2. The van der Waals surface area contributed by atoms with Crippen molar-refractivity contribution >= 4 is 160 Å². The molecule has 0 unspecified atom stereocenters. The van der Waals surface area contributed by atoms with Gasteiger partial charge in [0.05, 0.1) is 86.4 Å². The summed E-state index contributed by atoms with van der Waals surface area (Å²) in [4.78, 5) is 36.4. The van der Waals surface area contributed by atoms with Crippen LogP contribution in [-0.2, 0) is 0 Å². The average Bonchev–Trinajstić information content (AvgIpc) is 3.95. The van der Waals surface area contributed by atoms with Crippen LogP contribution in [0, 0.1) is 10.8 Å². The number of fused-ring (bicyclic) bond motifs is 20. The van der Waals surface area contributed by atoms with Crippen molar-refractivity contribution in [3.63, 3.8) is 0 Å². The van der Waals surface area contributed by atoms with E-state index >= 15 is 0 Å². The lowest BCUT2D eigenvalue weighted by atomic mass is 9.98. The van der Waals surface area contributed by atoms with E-state index in [4.69, 9.17) is 155 Å². The Balaban J connectivity index is 1.50. The normalized spacial score (nSPS) is 12.6. The predicted molar refractivity (Wildman–Crippen MR) is 256 cm³/mol. The van der Waals surface area contributed by atoms with Crippen molar-refractivity contribution in [3.8, 4) is 57.1 Å². The second kappa shape index (κ2) is 15.7. The minimum Gasteiger partial charge on any atom is -0.490 e. The van der Waals surface area contributed by atoms with E-state index in [9.17, 15) is 0 Å². The zero-order chi connectivity index (χ0) is 44.5. The quantitative estimate of drug-likeness (QED) is 0.132. The highest BCUT2D eigenvalue weighted by Gasteiger charge is 2.34.